The number of thioether (sulfide) groups is 1. The molecule has 1 aromatic rings. The molecule has 2 rings (SSSR count). The molecule has 13 heavy (non-hydrogen) atoms. The van der Waals surface area contributed by atoms with Gasteiger partial charge in [-0.25, -0.2) is 0 Å². The van der Waals surface area contributed by atoms with Crippen molar-refractivity contribution in [3.8, 4) is 0 Å². The Morgan fingerprint density at radius 1 is 1.54 bits per heavy atom. The summed E-state index contributed by atoms with van der Waals surface area (Å²) in [6.07, 6.45) is 1.87. The van der Waals surface area contributed by atoms with E-state index in [0.29, 0.717) is 0 Å². The van der Waals surface area contributed by atoms with Gasteiger partial charge in [-0.05, 0) is 12.1 Å². The van der Waals surface area contributed by atoms with Crippen molar-refractivity contribution >= 4 is 29.5 Å². The predicted octanol–water partition coefficient (Wildman–Crippen LogP) is 1.78. The van der Waals surface area contributed by atoms with Crippen LogP contribution in [-0.4, -0.2) is 17.8 Å². The van der Waals surface area contributed by atoms with Gasteiger partial charge in [0.2, 0.25) is 0 Å². The molecule has 0 saturated carbocycles. The third kappa shape index (κ3) is 1.58. The first-order chi connectivity index (χ1) is 6.27. The van der Waals surface area contributed by atoms with E-state index in [1.165, 1.54) is 0 Å². The van der Waals surface area contributed by atoms with E-state index >= 15 is 0 Å². The largest absolute Gasteiger partial charge is 0.384 e. The molecule has 0 saturated heterocycles. The summed E-state index contributed by atoms with van der Waals surface area (Å²) in [5.74, 6) is 1.01. The Hall–Kier alpha value is -1.29. The van der Waals surface area contributed by atoms with E-state index in [-0.39, 0.29) is 5.84 Å². The van der Waals surface area contributed by atoms with E-state index in [4.69, 9.17) is 11.1 Å². The minimum atomic E-state index is 0.0913. The highest BCUT2D eigenvalue weighted by molar-refractivity contribution is 8.00. The number of nitrogen functional groups attached to an aromatic ring is 1. The van der Waals surface area contributed by atoms with Crippen molar-refractivity contribution in [1.29, 1.82) is 5.41 Å². The van der Waals surface area contributed by atoms with Crippen LogP contribution in [0.2, 0.25) is 0 Å². The molecule has 66 valence electrons. The zero-order chi connectivity index (χ0) is 9.26. The summed E-state index contributed by atoms with van der Waals surface area (Å²) in [6.45, 7) is 0. The van der Waals surface area contributed by atoms with Crippen molar-refractivity contribution in [2.24, 2.45) is 10.7 Å². The summed E-state index contributed by atoms with van der Waals surface area (Å²) in [4.78, 5) is 5.40. The predicted molar refractivity (Wildman–Crippen MR) is 56.3 cm³/mol. The van der Waals surface area contributed by atoms with Crippen LogP contribution in [0.3, 0.4) is 0 Å². The number of fused-ring (bicyclic) bond motifs is 1. The van der Waals surface area contributed by atoms with Crippen molar-refractivity contribution < 1.29 is 0 Å². The fraction of sp³-hybridized carbons (Fsp3) is 0.111. The van der Waals surface area contributed by atoms with Gasteiger partial charge in [0.25, 0.3) is 0 Å². The summed E-state index contributed by atoms with van der Waals surface area (Å²) in [5.41, 5.74) is 7.03. The second-order valence-corrected chi connectivity index (χ2v) is 3.78. The molecule has 1 heterocycles. The lowest BCUT2D eigenvalue weighted by Gasteiger charge is -2.09. The molecular formula is C9H9N3S. The molecule has 1 aromatic carbocycles. The summed E-state index contributed by atoms with van der Waals surface area (Å²) in [5, 5.41) is 7.27. The second-order valence-electron chi connectivity index (χ2n) is 2.72. The molecule has 3 N–H and O–H groups in total. The van der Waals surface area contributed by atoms with Gasteiger partial charge in [0.1, 0.15) is 5.84 Å². The second kappa shape index (κ2) is 3.22. The molecule has 0 radical (unpaired) electrons. The first kappa shape index (κ1) is 8.31. The highest BCUT2D eigenvalue weighted by Crippen LogP contribution is 2.32. The fourth-order valence-electron chi connectivity index (χ4n) is 1.17. The van der Waals surface area contributed by atoms with E-state index in [2.05, 4.69) is 4.99 Å². The van der Waals surface area contributed by atoms with Gasteiger partial charge in [-0.3, -0.25) is 10.4 Å². The van der Waals surface area contributed by atoms with E-state index in [1.807, 2.05) is 24.4 Å². The normalized spacial score (nSPS) is 13.8. The monoisotopic (exact) mass is 191 g/mol. The standard InChI is InChI=1S/C9H9N3S/c10-9(11)6-1-2-8-7(5-6)12-3-4-13-8/h1-3,5H,4H2,(H3,10,11). The maximum atomic E-state index is 7.27. The maximum absolute atomic E-state index is 7.27. The van der Waals surface area contributed by atoms with Gasteiger partial charge in [-0.15, -0.1) is 11.8 Å². The van der Waals surface area contributed by atoms with Crippen LogP contribution in [0.25, 0.3) is 0 Å². The van der Waals surface area contributed by atoms with Crippen LogP contribution in [0.1, 0.15) is 5.56 Å². The molecule has 1 aliphatic rings. The zero-order valence-corrected chi connectivity index (χ0v) is 7.77. The van der Waals surface area contributed by atoms with Crippen LogP contribution in [0.4, 0.5) is 5.69 Å². The fourth-order valence-corrected chi connectivity index (χ4v) is 1.92. The molecule has 0 amide bonds. The first-order valence-electron chi connectivity index (χ1n) is 3.91. The molecule has 0 aromatic heterocycles. The molecule has 0 atom stereocenters. The number of hydrogen-bond acceptors (Lipinski definition) is 3. The topological polar surface area (TPSA) is 62.2 Å². The van der Waals surface area contributed by atoms with Crippen molar-refractivity contribution in [2.75, 3.05) is 5.75 Å². The Morgan fingerprint density at radius 2 is 2.38 bits per heavy atom. The zero-order valence-electron chi connectivity index (χ0n) is 6.95. The highest BCUT2D eigenvalue weighted by atomic mass is 32.2. The van der Waals surface area contributed by atoms with Gasteiger partial charge in [-0.2, -0.15) is 0 Å². The minimum absolute atomic E-state index is 0.0913. The third-order valence-electron chi connectivity index (χ3n) is 1.81. The third-order valence-corrected chi connectivity index (χ3v) is 2.79. The lowest BCUT2D eigenvalue weighted by Crippen LogP contribution is -2.10. The molecule has 0 spiro atoms. The Bertz CT molecular complexity index is 384. The molecular weight excluding hydrogens is 182 g/mol. The summed E-state index contributed by atoms with van der Waals surface area (Å²) in [6, 6.07) is 5.67. The molecule has 0 aliphatic carbocycles. The van der Waals surface area contributed by atoms with Gasteiger partial charge in [0, 0.05) is 22.4 Å². The number of benzene rings is 1. The van der Waals surface area contributed by atoms with Gasteiger partial charge in [0.15, 0.2) is 0 Å². The minimum Gasteiger partial charge on any atom is -0.384 e. The van der Waals surface area contributed by atoms with Gasteiger partial charge >= 0.3 is 0 Å². The lowest BCUT2D eigenvalue weighted by atomic mass is 10.2. The molecule has 3 nitrogen and oxygen atoms in total. The van der Waals surface area contributed by atoms with Gasteiger partial charge in [0.05, 0.1) is 5.69 Å². The Balaban J connectivity index is 2.48. The van der Waals surface area contributed by atoms with Crippen LogP contribution >= 0.6 is 11.8 Å². The van der Waals surface area contributed by atoms with Crippen molar-refractivity contribution in [3.63, 3.8) is 0 Å². The maximum Gasteiger partial charge on any atom is 0.122 e. The van der Waals surface area contributed by atoms with Crippen molar-refractivity contribution in [2.45, 2.75) is 4.90 Å². The smallest absolute Gasteiger partial charge is 0.122 e. The summed E-state index contributed by atoms with van der Waals surface area (Å²) in [7, 11) is 0. The number of nitrogens with two attached hydrogens (primary N) is 1. The number of hydrogen-bond donors (Lipinski definition) is 2. The molecule has 4 heteroatoms. The van der Waals surface area contributed by atoms with E-state index in [0.717, 1.165) is 21.9 Å². The number of rotatable bonds is 1. The van der Waals surface area contributed by atoms with Crippen LogP contribution < -0.4 is 5.73 Å². The van der Waals surface area contributed by atoms with Gasteiger partial charge < -0.3 is 5.73 Å². The Labute approximate surface area is 80.6 Å². The molecule has 1 aliphatic heterocycles. The average Bonchev–Trinajstić information content (AvgIpc) is 2.17. The Morgan fingerprint density at radius 3 is 3.15 bits per heavy atom. The quantitative estimate of drug-likeness (QED) is 0.525. The SMILES string of the molecule is N=C(N)c1ccc2c(c1)N=CCS2. The molecule has 0 bridgehead atoms. The number of amidine groups is 1. The Kier molecular flexibility index (Phi) is 2.06. The highest BCUT2D eigenvalue weighted by Gasteiger charge is 2.07. The molecule has 0 unspecified atom stereocenters. The summed E-state index contributed by atoms with van der Waals surface area (Å²) >= 11 is 1.75. The average molecular weight is 191 g/mol. The van der Waals surface area contributed by atoms with E-state index in [9.17, 15) is 0 Å². The van der Waals surface area contributed by atoms with Gasteiger partial charge in [-0.1, -0.05) is 6.07 Å². The van der Waals surface area contributed by atoms with E-state index < -0.39 is 0 Å². The lowest BCUT2D eigenvalue weighted by molar-refractivity contribution is 1.33. The van der Waals surface area contributed by atoms with Crippen LogP contribution in [0.5, 0.6) is 0 Å². The molecule has 0 fully saturated rings. The number of nitrogens with one attached hydrogen (secondary N) is 1. The first-order valence-corrected chi connectivity index (χ1v) is 4.90. The van der Waals surface area contributed by atoms with Crippen molar-refractivity contribution in [3.05, 3.63) is 23.8 Å². The van der Waals surface area contributed by atoms with Crippen molar-refractivity contribution in [1.82, 2.24) is 0 Å². The van der Waals surface area contributed by atoms with Crippen LogP contribution in [0, 0.1) is 5.41 Å². The van der Waals surface area contributed by atoms with Crippen LogP contribution in [-0.2, 0) is 0 Å². The number of aliphatic imine (C=N–C) groups is 1. The van der Waals surface area contributed by atoms with E-state index in [1.54, 1.807) is 11.8 Å². The van der Waals surface area contributed by atoms with Crippen LogP contribution in [0.15, 0.2) is 28.1 Å². The summed E-state index contributed by atoms with van der Waals surface area (Å²) < 4.78 is 0. The number of nitrogens with zero attached hydrogens (tertiary/aromatic N) is 1.